The average molecular weight is 219 g/mol. The topological polar surface area (TPSA) is 78.2 Å². The minimum atomic E-state index is -0.601. The second-order valence-electron chi connectivity index (χ2n) is 3.85. The molecule has 5 nitrogen and oxygen atoms in total. The zero-order valence-electron chi connectivity index (χ0n) is 9.00. The fraction of sp³-hybridized carbons (Fsp3) is 0.455. The minimum Gasteiger partial charge on any atom is -0.496 e. The van der Waals surface area contributed by atoms with Crippen LogP contribution >= 0.6 is 0 Å². The Morgan fingerprint density at radius 3 is 3.00 bits per heavy atom. The van der Waals surface area contributed by atoms with Gasteiger partial charge in [0.05, 0.1) is 19.3 Å². The van der Waals surface area contributed by atoms with Crippen molar-refractivity contribution in [2.24, 2.45) is 5.11 Å². The Bertz CT molecular complexity index is 441. The number of ether oxygens (including phenoxy) is 1. The van der Waals surface area contributed by atoms with Gasteiger partial charge in [-0.3, -0.25) is 0 Å². The number of rotatable bonds is 2. The van der Waals surface area contributed by atoms with Crippen LogP contribution < -0.4 is 4.74 Å². The molecule has 2 atom stereocenters. The Kier molecular flexibility index (Phi) is 2.99. The van der Waals surface area contributed by atoms with Crippen molar-refractivity contribution in [3.63, 3.8) is 0 Å². The molecule has 0 amide bonds. The Hall–Kier alpha value is -1.71. The van der Waals surface area contributed by atoms with Crippen molar-refractivity contribution in [2.75, 3.05) is 7.11 Å². The van der Waals surface area contributed by atoms with E-state index in [1.165, 1.54) is 0 Å². The zero-order valence-corrected chi connectivity index (χ0v) is 9.00. The molecule has 0 heterocycles. The number of hydrogen-bond acceptors (Lipinski definition) is 3. The SMILES string of the molecule is COc1cccc2c1CC(N=[N+]=[N-])C(O)C2. The lowest BCUT2D eigenvalue weighted by Gasteiger charge is -2.27. The molecule has 0 radical (unpaired) electrons. The molecule has 2 unspecified atom stereocenters. The summed E-state index contributed by atoms with van der Waals surface area (Å²) in [5, 5.41) is 13.4. The first-order valence-electron chi connectivity index (χ1n) is 5.13. The summed E-state index contributed by atoms with van der Waals surface area (Å²) in [6.45, 7) is 0. The van der Waals surface area contributed by atoms with E-state index in [0.29, 0.717) is 12.8 Å². The lowest BCUT2D eigenvalue weighted by Crippen LogP contribution is -2.33. The van der Waals surface area contributed by atoms with E-state index in [-0.39, 0.29) is 0 Å². The largest absolute Gasteiger partial charge is 0.496 e. The van der Waals surface area contributed by atoms with Gasteiger partial charge in [0.25, 0.3) is 0 Å². The lowest BCUT2D eigenvalue weighted by atomic mass is 9.86. The van der Waals surface area contributed by atoms with E-state index in [4.69, 9.17) is 10.3 Å². The van der Waals surface area contributed by atoms with Crippen LogP contribution in [-0.4, -0.2) is 24.4 Å². The van der Waals surface area contributed by atoms with Crippen molar-refractivity contribution in [3.8, 4) is 5.75 Å². The van der Waals surface area contributed by atoms with Crippen LogP contribution in [0.25, 0.3) is 10.4 Å². The molecule has 2 rings (SSSR count). The maximum absolute atomic E-state index is 9.80. The molecule has 0 fully saturated rings. The predicted molar refractivity (Wildman–Crippen MR) is 59.3 cm³/mol. The van der Waals surface area contributed by atoms with Crippen LogP contribution in [0.5, 0.6) is 5.75 Å². The van der Waals surface area contributed by atoms with Crippen LogP contribution in [0, 0.1) is 0 Å². The van der Waals surface area contributed by atoms with Crippen LogP contribution in [0.2, 0.25) is 0 Å². The summed E-state index contributed by atoms with van der Waals surface area (Å²) < 4.78 is 5.26. The third-order valence-corrected chi connectivity index (χ3v) is 2.94. The number of fused-ring (bicyclic) bond motifs is 1. The smallest absolute Gasteiger partial charge is 0.122 e. The van der Waals surface area contributed by atoms with Gasteiger partial charge in [0.2, 0.25) is 0 Å². The summed E-state index contributed by atoms with van der Waals surface area (Å²) in [7, 11) is 1.61. The molecule has 1 aliphatic rings. The van der Waals surface area contributed by atoms with E-state index in [2.05, 4.69) is 10.0 Å². The van der Waals surface area contributed by atoms with Crippen molar-refractivity contribution in [1.29, 1.82) is 0 Å². The average Bonchev–Trinajstić information content (AvgIpc) is 2.29. The number of aliphatic hydroxyl groups is 1. The van der Waals surface area contributed by atoms with Crippen LogP contribution in [0.3, 0.4) is 0 Å². The van der Waals surface area contributed by atoms with E-state index >= 15 is 0 Å². The molecule has 0 saturated carbocycles. The highest BCUT2D eigenvalue weighted by Gasteiger charge is 2.27. The first-order chi connectivity index (χ1) is 7.76. The van der Waals surface area contributed by atoms with Gasteiger partial charge in [-0.1, -0.05) is 17.2 Å². The second kappa shape index (κ2) is 4.43. The van der Waals surface area contributed by atoms with Crippen LogP contribution in [0.15, 0.2) is 23.3 Å². The van der Waals surface area contributed by atoms with Gasteiger partial charge in [-0.05, 0) is 35.6 Å². The van der Waals surface area contributed by atoms with Crippen LogP contribution in [0.1, 0.15) is 11.1 Å². The molecule has 16 heavy (non-hydrogen) atoms. The number of hydrogen-bond donors (Lipinski definition) is 1. The molecule has 84 valence electrons. The van der Waals surface area contributed by atoms with Gasteiger partial charge >= 0.3 is 0 Å². The summed E-state index contributed by atoms with van der Waals surface area (Å²) in [6.07, 6.45) is 0.441. The fourth-order valence-corrected chi connectivity index (χ4v) is 2.12. The Morgan fingerprint density at radius 2 is 2.31 bits per heavy atom. The van der Waals surface area contributed by atoms with E-state index in [1.54, 1.807) is 7.11 Å². The molecular formula is C11H13N3O2. The molecule has 5 heteroatoms. The number of methoxy groups -OCH3 is 1. The summed E-state index contributed by atoms with van der Waals surface area (Å²) >= 11 is 0. The van der Waals surface area contributed by atoms with Crippen molar-refractivity contribution in [1.82, 2.24) is 0 Å². The van der Waals surface area contributed by atoms with Gasteiger partial charge in [0.15, 0.2) is 0 Å². The van der Waals surface area contributed by atoms with Crippen molar-refractivity contribution in [2.45, 2.75) is 25.0 Å². The molecular weight excluding hydrogens is 206 g/mol. The molecule has 0 aromatic heterocycles. The molecule has 0 saturated heterocycles. The third-order valence-electron chi connectivity index (χ3n) is 2.94. The Morgan fingerprint density at radius 1 is 1.50 bits per heavy atom. The molecule has 0 spiro atoms. The van der Waals surface area contributed by atoms with Gasteiger partial charge in [-0.25, -0.2) is 0 Å². The second-order valence-corrected chi connectivity index (χ2v) is 3.85. The molecule has 1 aromatic rings. The quantitative estimate of drug-likeness (QED) is 0.468. The minimum absolute atomic E-state index is 0.395. The molecule has 0 aliphatic heterocycles. The number of nitrogens with zero attached hydrogens (tertiary/aromatic N) is 3. The van der Waals surface area contributed by atoms with Crippen molar-refractivity contribution < 1.29 is 9.84 Å². The maximum atomic E-state index is 9.80. The summed E-state index contributed by atoms with van der Waals surface area (Å²) in [6, 6.07) is 5.35. The normalized spacial score (nSPS) is 23.1. The monoisotopic (exact) mass is 219 g/mol. The number of benzene rings is 1. The van der Waals surface area contributed by atoms with E-state index in [0.717, 1.165) is 16.9 Å². The highest BCUT2D eigenvalue weighted by atomic mass is 16.5. The first kappa shape index (κ1) is 10.8. The highest BCUT2D eigenvalue weighted by molar-refractivity contribution is 5.43. The van der Waals surface area contributed by atoms with E-state index in [9.17, 15) is 5.11 Å². The van der Waals surface area contributed by atoms with E-state index < -0.39 is 12.1 Å². The molecule has 1 aromatic carbocycles. The Labute approximate surface area is 93.3 Å². The van der Waals surface area contributed by atoms with E-state index in [1.807, 2.05) is 18.2 Å². The van der Waals surface area contributed by atoms with Gasteiger partial charge in [0, 0.05) is 4.91 Å². The van der Waals surface area contributed by atoms with Crippen molar-refractivity contribution in [3.05, 3.63) is 39.8 Å². The van der Waals surface area contributed by atoms with Crippen LogP contribution in [-0.2, 0) is 12.8 Å². The zero-order chi connectivity index (χ0) is 11.5. The maximum Gasteiger partial charge on any atom is 0.122 e. The predicted octanol–water partition coefficient (Wildman–Crippen LogP) is 1.83. The van der Waals surface area contributed by atoms with Gasteiger partial charge in [-0.15, -0.1) is 0 Å². The standard InChI is InChI=1S/C11H13N3O2/c1-16-11-4-2-3-7-5-10(15)9(13-14-12)6-8(7)11/h2-4,9-10,15H,5-6H2,1H3. The highest BCUT2D eigenvalue weighted by Crippen LogP contribution is 2.30. The fourth-order valence-electron chi connectivity index (χ4n) is 2.12. The summed E-state index contributed by atoms with van der Waals surface area (Å²) in [4.78, 5) is 2.76. The summed E-state index contributed by atoms with van der Waals surface area (Å²) in [5.74, 6) is 0.794. The van der Waals surface area contributed by atoms with Gasteiger partial charge in [0.1, 0.15) is 5.75 Å². The van der Waals surface area contributed by atoms with Gasteiger partial charge in [-0.2, -0.15) is 0 Å². The molecule has 1 aliphatic carbocycles. The molecule has 0 bridgehead atoms. The van der Waals surface area contributed by atoms with Gasteiger partial charge < -0.3 is 9.84 Å². The lowest BCUT2D eigenvalue weighted by molar-refractivity contribution is 0.136. The molecule has 1 N–H and O–H groups in total. The third kappa shape index (κ3) is 1.83. The number of azide groups is 1. The van der Waals surface area contributed by atoms with Crippen molar-refractivity contribution >= 4 is 0 Å². The van der Waals surface area contributed by atoms with Crippen LogP contribution in [0.4, 0.5) is 0 Å². The Balaban J connectivity index is 2.39. The number of aliphatic hydroxyl groups excluding tert-OH is 1. The first-order valence-corrected chi connectivity index (χ1v) is 5.13. The summed E-state index contributed by atoms with van der Waals surface area (Å²) in [5.41, 5.74) is 10.5.